The van der Waals surface area contributed by atoms with E-state index in [4.69, 9.17) is 0 Å². The highest BCUT2D eigenvalue weighted by atomic mass is 32.2. The third-order valence-corrected chi connectivity index (χ3v) is 8.15. The van der Waals surface area contributed by atoms with Crippen molar-refractivity contribution in [3.63, 3.8) is 0 Å². The van der Waals surface area contributed by atoms with Crippen LogP contribution in [0.5, 0.6) is 0 Å². The SMILES string of the molecule is Cc1cc(C)c(S(=O)(=O)N2CCN(c3cc(-n4cnc(C)c4C)ncn3)CC2)cc1C. The Bertz CT molecular complexity index is 1230. The van der Waals surface area contributed by atoms with Gasteiger partial charge in [-0.15, -0.1) is 0 Å². The van der Waals surface area contributed by atoms with Crippen molar-refractivity contribution in [1.82, 2.24) is 23.8 Å². The fourth-order valence-corrected chi connectivity index (χ4v) is 5.59. The summed E-state index contributed by atoms with van der Waals surface area (Å²) in [5.41, 5.74) is 4.87. The number of rotatable bonds is 4. The van der Waals surface area contributed by atoms with Crippen LogP contribution in [0, 0.1) is 34.6 Å². The molecule has 0 amide bonds. The zero-order valence-electron chi connectivity index (χ0n) is 18.6. The normalized spacial score (nSPS) is 15.5. The second-order valence-electron chi connectivity index (χ2n) is 8.11. The van der Waals surface area contributed by atoms with E-state index in [1.807, 2.05) is 51.3 Å². The van der Waals surface area contributed by atoms with Crippen molar-refractivity contribution in [1.29, 1.82) is 0 Å². The molecule has 0 aliphatic carbocycles. The Kier molecular flexibility index (Phi) is 5.57. The monoisotopic (exact) mass is 440 g/mol. The molecule has 0 bridgehead atoms. The molecule has 1 aliphatic heterocycles. The number of anilines is 1. The molecule has 4 rings (SSSR count). The number of benzene rings is 1. The van der Waals surface area contributed by atoms with E-state index in [-0.39, 0.29) is 0 Å². The van der Waals surface area contributed by atoms with Crippen LogP contribution in [-0.2, 0) is 10.0 Å². The van der Waals surface area contributed by atoms with Crippen molar-refractivity contribution in [2.75, 3.05) is 31.1 Å². The maximum Gasteiger partial charge on any atom is 0.243 e. The van der Waals surface area contributed by atoms with Gasteiger partial charge in [0.2, 0.25) is 10.0 Å². The van der Waals surface area contributed by atoms with E-state index < -0.39 is 10.0 Å². The third-order valence-electron chi connectivity index (χ3n) is 6.11. The lowest BCUT2D eigenvalue weighted by Crippen LogP contribution is -2.49. The van der Waals surface area contributed by atoms with Gasteiger partial charge < -0.3 is 4.90 Å². The molecule has 1 fully saturated rings. The Labute approximate surface area is 183 Å². The van der Waals surface area contributed by atoms with Gasteiger partial charge >= 0.3 is 0 Å². The molecular formula is C22H28N6O2S. The average Bonchev–Trinajstić information content (AvgIpc) is 3.09. The molecule has 164 valence electrons. The Morgan fingerprint density at radius 1 is 0.774 bits per heavy atom. The van der Waals surface area contributed by atoms with E-state index in [1.165, 1.54) is 0 Å². The van der Waals surface area contributed by atoms with E-state index in [1.54, 1.807) is 23.0 Å². The number of sulfonamides is 1. The highest BCUT2D eigenvalue weighted by Crippen LogP contribution is 2.25. The summed E-state index contributed by atoms with van der Waals surface area (Å²) in [6.07, 6.45) is 3.30. The molecule has 9 heteroatoms. The molecule has 0 N–H and O–H groups in total. The van der Waals surface area contributed by atoms with Gasteiger partial charge in [-0.1, -0.05) is 6.07 Å². The van der Waals surface area contributed by atoms with Crippen LogP contribution in [0.3, 0.4) is 0 Å². The Morgan fingerprint density at radius 3 is 2.06 bits per heavy atom. The van der Waals surface area contributed by atoms with E-state index in [9.17, 15) is 8.42 Å². The van der Waals surface area contributed by atoms with Crippen LogP contribution in [0.1, 0.15) is 28.1 Å². The smallest absolute Gasteiger partial charge is 0.243 e. The van der Waals surface area contributed by atoms with Gasteiger partial charge in [0.05, 0.1) is 10.6 Å². The summed E-state index contributed by atoms with van der Waals surface area (Å²) in [7, 11) is -3.53. The van der Waals surface area contributed by atoms with Crippen LogP contribution in [-0.4, -0.2) is 58.4 Å². The Hall–Kier alpha value is -2.78. The third kappa shape index (κ3) is 3.95. The molecule has 31 heavy (non-hydrogen) atoms. The molecule has 3 heterocycles. The van der Waals surface area contributed by atoms with Gasteiger partial charge in [-0.2, -0.15) is 4.31 Å². The van der Waals surface area contributed by atoms with Gasteiger partial charge in [-0.05, 0) is 57.4 Å². The zero-order chi connectivity index (χ0) is 22.3. The fourth-order valence-electron chi connectivity index (χ4n) is 3.88. The molecule has 1 aromatic carbocycles. The highest BCUT2D eigenvalue weighted by Gasteiger charge is 2.30. The fraction of sp³-hybridized carbons (Fsp3) is 0.409. The molecule has 0 spiro atoms. The van der Waals surface area contributed by atoms with Crippen LogP contribution >= 0.6 is 0 Å². The molecule has 0 unspecified atom stereocenters. The van der Waals surface area contributed by atoms with Crippen molar-refractivity contribution in [2.45, 2.75) is 39.5 Å². The van der Waals surface area contributed by atoms with E-state index in [0.29, 0.717) is 31.1 Å². The van der Waals surface area contributed by atoms with Crippen LogP contribution in [0.25, 0.3) is 5.82 Å². The summed E-state index contributed by atoms with van der Waals surface area (Å²) in [5, 5.41) is 0. The van der Waals surface area contributed by atoms with Crippen LogP contribution in [0.2, 0.25) is 0 Å². The first-order valence-electron chi connectivity index (χ1n) is 10.3. The lowest BCUT2D eigenvalue weighted by atomic mass is 10.1. The number of nitrogens with zero attached hydrogens (tertiary/aromatic N) is 6. The molecule has 1 aliphatic rings. The molecule has 0 saturated carbocycles. The van der Waals surface area contributed by atoms with Crippen LogP contribution < -0.4 is 4.90 Å². The van der Waals surface area contributed by atoms with Crippen molar-refractivity contribution in [3.05, 3.63) is 58.9 Å². The second kappa shape index (κ2) is 8.05. The maximum atomic E-state index is 13.3. The predicted octanol–water partition coefficient (Wildman–Crippen LogP) is 2.72. The zero-order valence-corrected chi connectivity index (χ0v) is 19.4. The average molecular weight is 441 g/mol. The summed E-state index contributed by atoms with van der Waals surface area (Å²) in [4.78, 5) is 15.6. The lowest BCUT2D eigenvalue weighted by Gasteiger charge is -2.35. The largest absolute Gasteiger partial charge is 0.354 e. The maximum absolute atomic E-state index is 13.3. The molecule has 0 radical (unpaired) electrons. The molecular weight excluding hydrogens is 412 g/mol. The molecule has 8 nitrogen and oxygen atoms in total. The minimum absolute atomic E-state index is 0.402. The van der Waals surface area contributed by atoms with Crippen molar-refractivity contribution >= 4 is 15.8 Å². The van der Waals surface area contributed by atoms with Crippen LogP contribution in [0.4, 0.5) is 5.82 Å². The molecule has 0 atom stereocenters. The number of hydrogen-bond donors (Lipinski definition) is 0. The first-order chi connectivity index (χ1) is 14.7. The molecule has 2 aromatic heterocycles. The van der Waals surface area contributed by atoms with Gasteiger partial charge in [0, 0.05) is 37.9 Å². The summed E-state index contributed by atoms with van der Waals surface area (Å²) < 4.78 is 30.0. The number of imidazole rings is 1. The summed E-state index contributed by atoms with van der Waals surface area (Å²) >= 11 is 0. The minimum Gasteiger partial charge on any atom is -0.354 e. The first kappa shape index (κ1) is 21.5. The number of aryl methyl sites for hydroxylation is 4. The van der Waals surface area contributed by atoms with E-state index in [0.717, 1.165) is 39.7 Å². The van der Waals surface area contributed by atoms with Crippen molar-refractivity contribution in [3.8, 4) is 5.82 Å². The van der Waals surface area contributed by atoms with E-state index >= 15 is 0 Å². The molecule has 1 saturated heterocycles. The summed E-state index contributed by atoms with van der Waals surface area (Å²) in [5.74, 6) is 1.54. The minimum atomic E-state index is -3.53. The second-order valence-corrected chi connectivity index (χ2v) is 10.0. The van der Waals surface area contributed by atoms with Crippen molar-refractivity contribution in [2.24, 2.45) is 0 Å². The number of piperazine rings is 1. The lowest BCUT2D eigenvalue weighted by molar-refractivity contribution is 0.383. The van der Waals surface area contributed by atoms with Gasteiger partial charge in [-0.25, -0.2) is 23.4 Å². The van der Waals surface area contributed by atoms with Gasteiger partial charge in [-0.3, -0.25) is 4.57 Å². The van der Waals surface area contributed by atoms with E-state index in [2.05, 4.69) is 19.9 Å². The van der Waals surface area contributed by atoms with Gasteiger partial charge in [0.15, 0.2) is 0 Å². The quantitative estimate of drug-likeness (QED) is 0.620. The molecule has 3 aromatic rings. The highest BCUT2D eigenvalue weighted by molar-refractivity contribution is 7.89. The summed E-state index contributed by atoms with van der Waals surface area (Å²) in [6, 6.07) is 5.66. The van der Waals surface area contributed by atoms with Gasteiger partial charge in [0.1, 0.15) is 24.3 Å². The predicted molar refractivity (Wildman–Crippen MR) is 120 cm³/mol. The Morgan fingerprint density at radius 2 is 1.42 bits per heavy atom. The van der Waals surface area contributed by atoms with Gasteiger partial charge in [0.25, 0.3) is 0 Å². The first-order valence-corrected chi connectivity index (χ1v) is 11.8. The Balaban J connectivity index is 1.52. The topological polar surface area (TPSA) is 84.2 Å². The van der Waals surface area contributed by atoms with Crippen molar-refractivity contribution < 1.29 is 8.42 Å². The standard InChI is InChI=1S/C22H28N6O2S/c1-15-10-17(3)20(11-16(15)2)31(29,30)27-8-6-26(7-9-27)21-12-22(24-13-23-21)28-14-25-18(4)19(28)5/h10-14H,6-9H2,1-5H3. The van der Waals surface area contributed by atoms with Crippen LogP contribution in [0.15, 0.2) is 35.7 Å². The number of aromatic nitrogens is 4. The summed E-state index contributed by atoms with van der Waals surface area (Å²) in [6.45, 7) is 11.7. The number of hydrogen-bond acceptors (Lipinski definition) is 6.